The predicted molar refractivity (Wildman–Crippen MR) is 85.9 cm³/mol. The fourth-order valence-corrected chi connectivity index (χ4v) is 2.86. The van der Waals surface area contributed by atoms with Crippen molar-refractivity contribution in [1.82, 2.24) is 5.32 Å². The molecule has 1 rings (SSSR count). The number of esters is 1. The molecule has 0 fully saturated rings. The van der Waals surface area contributed by atoms with Gasteiger partial charge in [0.05, 0.1) is 16.7 Å². The van der Waals surface area contributed by atoms with E-state index in [-0.39, 0.29) is 12.0 Å². The summed E-state index contributed by atoms with van der Waals surface area (Å²) < 4.78 is 5.07. The summed E-state index contributed by atoms with van der Waals surface area (Å²) in [6.45, 7) is 5.04. The van der Waals surface area contributed by atoms with Crippen molar-refractivity contribution in [3.05, 3.63) is 28.2 Å². The van der Waals surface area contributed by atoms with Crippen molar-refractivity contribution >= 4 is 40.9 Å². The average molecular weight is 336 g/mol. The zero-order valence-electron chi connectivity index (χ0n) is 11.6. The molecule has 1 unspecified atom stereocenters. The topological polar surface area (TPSA) is 38.3 Å². The number of carbonyl (C=O) groups excluding carboxylic acids is 1. The number of carbonyl (C=O) groups is 1. The number of benzene rings is 1. The average Bonchev–Trinajstić information content (AvgIpc) is 2.43. The summed E-state index contributed by atoms with van der Waals surface area (Å²) in [7, 11) is 0. The van der Waals surface area contributed by atoms with Gasteiger partial charge in [-0.3, -0.25) is 4.79 Å². The second-order valence-electron chi connectivity index (χ2n) is 4.15. The van der Waals surface area contributed by atoms with Crippen LogP contribution < -0.4 is 5.32 Å². The quantitative estimate of drug-likeness (QED) is 0.575. The van der Waals surface area contributed by atoms with Crippen LogP contribution in [-0.4, -0.2) is 30.9 Å². The maximum atomic E-state index is 11.8. The van der Waals surface area contributed by atoms with E-state index in [0.29, 0.717) is 22.4 Å². The Morgan fingerprint density at radius 2 is 2.10 bits per heavy atom. The molecule has 1 aromatic carbocycles. The molecular formula is C14H19Cl2NO2S. The third-order valence-corrected chi connectivity index (χ3v) is 4.35. The lowest BCUT2D eigenvalue weighted by Gasteiger charge is -2.16. The van der Waals surface area contributed by atoms with E-state index >= 15 is 0 Å². The van der Waals surface area contributed by atoms with Crippen LogP contribution in [0.15, 0.2) is 23.1 Å². The van der Waals surface area contributed by atoms with Crippen molar-refractivity contribution in [3.63, 3.8) is 0 Å². The van der Waals surface area contributed by atoms with E-state index in [1.165, 1.54) is 0 Å². The molecule has 3 nitrogen and oxygen atoms in total. The molecule has 1 aromatic rings. The number of halogens is 2. The highest BCUT2D eigenvalue weighted by molar-refractivity contribution is 7.99. The lowest BCUT2D eigenvalue weighted by atomic mass is 10.3. The Kier molecular flexibility index (Phi) is 8.38. The molecule has 0 aliphatic heterocycles. The molecule has 0 aliphatic carbocycles. The second-order valence-corrected chi connectivity index (χ2v) is 6.05. The normalized spacial score (nSPS) is 12.2. The van der Waals surface area contributed by atoms with Gasteiger partial charge in [0.15, 0.2) is 0 Å². The van der Waals surface area contributed by atoms with Crippen LogP contribution in [0.3, 0.4) is 0 Å². The third kappa shape index (κ3) is 5.92. The molecular weight excluding hydrogens is 317 g/mol. The first kappa shape index (κ1) is 17.6. The highest BCUT2D eigenvalue weighted by Gasteiger charge is 2.19. The van der Waals surface area contributed by atoms with Crippen LogP contribution in [0.5, 0.6) is 0 Å². The SMILES string of the molecule is CCCNC(CSc1ccc(Cl)c(Cl)c1)C(=O)OCC. The lowest BCUT2D eigenvalue weighted by Crippen LogP contribution is -2.40. The minimum absolute atomic E-state index is 0.214. The van der Waals surface area contributed by atoms with Crippen molar-refractivity contribution in [2.24, 2.45) is 0 Å². The number of ether oxygens (including phenoxy) is 1. The Morgan fingerprint density at radius 1 is 1.35 bits per heavy atom. The molecule has 20 heavy (non-hydrogen) atoms. The van der Waals surface area contributed by atoms with Crippen molar-refractivity contribution < 1.29 is 9.53 Å². The first-order valence-corrected chi connectivity index (χ1v) is 8.30. The molecule has 1 N–H and O–H groups in total. The van der Waals surface area contributed by atoms with Gasteiger partial charge in [0, 0.05) is 10.6 Å². The zero-order valence-corrected chi connectivity index (χ0v) is 13.9. The molecule has 0 saturated heterocycles. The summed E-state index contributed by atoms with van der Waals surface area (Å²) >= 11 is 13.4. The van der Waals surface area contributed by atoms with Gasteiger partial charge in [-0.05, 0) is 38.1 Å². The Hall–Kier alpha value is -0.420. The molecule has 0 aliphatic rings. The summed E-state index contributed by atoms with van der Waals surface area (Å²) in [5.74, 6) is 0.380. The summed E-state index contributed by atoms with van der Waals surface area (Å²) in [5, 5.41) is 4.24. The predicted octanol–water partition coefficient (Wildman–Crippen LogP) is 4.02. The van der Waals surface area contributed by atoms with Gasteiger partial charge in [-0.25, -0.2) is 0 Å². The van der Waals surface area contributed by atoms with Crippen LogP contribution in [-0.2, 0) is 9.53 Å². The summed E-state index contributed by atoms with van der Waals surface area (Å²) in [5.41, 5.74) is 0. The van der Waals surface area contributed by atoms with Gasteiger partial charge in [-0.1, -0.05) is 30.1 Å². The van der Waals surface area contributed by atoms with Crippen LogP contribution in [0.4, 0.5) is 0 Å². The van der Waals surface area contributed by atoms with Gasteiger partial charge in [0.1, 0.15) is 6.04 Å². The molecule has 0 amide bonds. The maximum absolute atomic E-state index is 11.8. The molecule has 0 spiro atoms. The van der Waals surface area contributed by atoms with Gasteiger partial charge < -0.3 is 10.1 Å². The molecule has 0 heterocycles. The third-order valence-electron chi connectivity index (χ3n) is 2.52. The van der Waals surface area contributed by atoms with Gasteiger partial charge >= 0.3 is 5.97 Å². The molecule has 0 aromatic heterocycles. The van der Waals surface area contributed by atoms with E-state index in [0.717, 1.165) is 17.9 Å². The Morgan fingerprint density at radius 3 is 2.70 bits per heavy atom. The van der Waals surface area contributed by atoms with Gasteiger partial charge in [-0.15, -0.1) is 11.8 Å². The van der Waals surface area contributed by atoms with E-state index in [4.69, 9.17) is 27.9 Å². The van der Waals surface area contributed by atoms with Crippen LogP contribution in [0, 0.1) is 0 Å². The number of hydrogen-bond donors (Lipinski definition) is 1. The first-order valence-electron chi connectivity index (χ1n) is 6.56. The summed E-state index contributed by atoms with van der Waals surface area (Å²) in [6.07, 6.45) is 0.966. The number of thioether (sulfide) groups is 1. The minimum atomic E-state index is -0.311. The minimum Gasteiger partial charge on any atom is -0.465 e. The smallest absolute Gasteiger partial charge is 0.323 e. The maximum Gasteiger partial charge on any atom is 0.323 e. The first-order chi connectivity index (χ1) is 9.58. The Balaban J connectivity index is 2.60. The largest absolute Gasteiger partial charge is 0.465 e. The van der Waals surface area contributed by atoms with E-state index in [1.807, 2.05) is 6.07 Å². The fourth-order valence-electron chi connectivity index (χ4n) is 1.52. The van der Waals surface area contributed by atoms with Crippen LogP contribution >= 0.6 is 35.0 Å². The number of hydrogen-bond acceptors (Lipinski definition) is 4. The monoisotopic (exact) mass is 335 g/mol. The van der Waals surface area contributed by atoms with Crippen LogP contribution in [0.25, 0.3) is 0 Å². The molecule has 6 heteroatoms. The molecule has 112 valence electrons. The molecule has 0 radical (unpaired) electrons. The Bertz CT molecular complexity index is 443. The zero-order chi connectivity index (χ0) is 15.0. The van der Waals surface area contributed by atoms with E-state index < -0.39 is 0 Å². The molecule has 0 bridgehead atoms. The molecule has 1 atom stereocenters. The van der Waals surface area contributed by atoms with Crippen molar-refractivity contribution in [3.8, 4) is 0 Å². The van der Waals surface area contributed by atoms with E-state index in [2.05, 4.69) is 12.2 Å². The second kappa shape index (κ2) is 9.50. The fraction of sp³-hybridized carbons (Fsp3) is 0.500. The van der Waals surface area contributed by atoms with Crippen molar-refractivity contribution in [2.45, 2.75) is 31.2 Å². The van der Waals surface area contributed by atoms with E-state index in [1.54, 1.807) is 30.8 Å². The van der Waals surface area contributed by atoms with Crippen LogP contribution in [0.1, 0.15) is 20.3 Å². The van der Waals surface area contributed by atoms with E-state index in [9.17, 15) is 4.79 Å². The standard InChI is InChI=1S/C14H19Cl2NO2S/c1-3-7-17-13(14(18)19-4-2)9-20-10-5-6-11(15)12(16)8-10/h5-6,8,13,17H,3-4,7,9H2,1-2H3. The lowest BCUT2D eigenvalue weighted by molar-refractivity contribution is -0.144. The van der Waals surface area contributed by atoms with Gasteiger partial charge in [0.2, 0.25) is 0 Å². The Labute approximate surface area is 134 Å². The summed E-state index contributed by atoms with van der Waals surface area (Å²) in [4.78, 5) is 12.8. The molecule has 0 saturated carbocycles. The van der Waals surface area contributed by atoms with Gasteiger partial charge in [-0.2, -0.15) is 0 Å². The van der Waals surface area contributed by atoms with Gasteiger partial charge in [0.25, 0.3) is 0 Å². The number of rotatable bonds is 8. The highest BCUT2D eigenvalue weighted by atomic mass is 35.5. The van der Waals surface area contributed by atoms with Crippen LogP contribution in [0.2, 0.25) is 10.0 Å². The van der Waals surface area contributed by atoms with Crippen molar-refractivity contribution in [2.75, 3.05) is 18.9 Å². The highest BCUT2D eigenvalue weighted by Crippen LogP contribution is 2.28. The van der Waals surface area contributed by atoms with Crippen molar-refractivity contribution in [1.29, 1.82) is 0 Å². The number of nitrogens with one attached hydrogen (secondary N) is 1. The summed E-state index contributed by atoms with van der Waals surface area (Å²) in [6, 6.07) is 5.14.